The molecule has 2 aromatic carbocycles. The predicted octanol–water partition coefficient (Wildman–Crippen LogP) is 1.80. The SMILES string of the molecule is O=C(COC(=O)CN1C(=O)COc2ccccc21)NCC1(c2ccccc2)CC1. The summed E-state index contributed by atoms with van der Waals surface area (Å²) in [5, 5.41) is 2.85. The second-order valence-electron chi connectivity index (χ2n) is 7.32. The maximum atomic E-state index is 12.2. The van der Waals surface area contributed by atoms with Gasteiger partial charge in [0.05, 0.1) is 5.69 Å². The van der Waals surface area contributed by atoms with Crippen LogP contribution in [-0.2, 0) is 24.5 Å². The lowest BCUT2D eigenvalue weighted by Gasteiger charge is -2.28. The van der Waals surface area contributed by atoms with Crippen LogP contribution in [-0.4, -0.2) is 44.1 Å². The highest BCUT2D eigenvalue weighted by atomic mass is 16.5. The highest BCUT2D eigenvalue weighted by molar-refractivity contribution is 6.01. The van der Waals surface area contributed by atoms with E-state index in [0.29, 0.717) is 18.0 Å². The van der Waals surface area contributed by atoms with Crippen molar-refractivity contribution in [3.05, 3.63) is 60.2 Å². The van der Waals surface area contributed by atoms with Crippen LogP contribution in [0.25, 0.3) is 0 Å². The van der Waals surface area contributed by atoms with E-state index in [2.05, 4.69) is 17.4 Å². The molecule has 2 aromatic rings. The number of nitrogens with zero attached hydrogens (tertiary/aromatic N) is 1. The largest absolute Gasteiger partial charge is 0.482 e. The van der Waals surface area contributed by atoms with E-state index in [1.807, 2.05) is 18.2 Å². The molecule has 7 heteroatoms. The van der Waals surface area contributed by atoms with E-state index < -0.39 is 5.97 Å². The van der Waals surface area contributed by atoms with E-state index in [0.717, 1.165) is 12.8 Å². The fourth-order valence-corrected chi connectivity index (χ4v) is 3.48. The van der Waals surface area contributed by atoms with Crippen molar-refractivity contribution >= 4 is 23.5 Å². The van der Waals surface area contributed by atoms with Crippen molar-refractivity contribution in [2.24, 2.45) is 0 Å². The van der Waals surface area contributed by atoms with Gasteiger partial charge in [-0.15, -0.1) is 0 Å². The third kappa shape index (κ3) is 4.23. The second kappa shape index (κ2) is 7.95. The van der Waals surface area contributed by atoms with Gasteiger partial charge in [-0.1, -0.05) is 42.5 Å². The molecular formula is C22H22N2O5. The van der Waals surface area contributed by atoms with Crippen LogP contribution in [0, 0.1) is 0 Å². The lowest BCUT2D eigenvalue weighted by atomic mass is 9.96. The van der Waals surface area contributed by atoms with Crippen LogP contribution in [0.3, 0.4) is 0 Å². The predicted molar refractivity (Wildman–Crippen MR) is 106 cm³/mol. The molecule has 0 atom stereocenters. The molecule has 29 heavy (non-hydrogen) atoms. The molecule has 4 rings (SSSR count). The van der Waals surface area contributed by atoms with Crippen molar-refractivity contribution < 1.29 is 23.9 Å². The standard InChI is InChI=1S/C22H22N2O5/c25-19(23-15-22(10-11-22)16-6-2-1-3-7-16)13-29-21(27)12-24-17-8-4-5-9-18(17)28-14-20(24)26/h1-9H,10-15H2,(H,23,25). The zero-order valence-electron chi connectivity index (χ0n) is 15.9. The smallest absolute Gasteiger partial charge is 0.326 e. The van der Waals surface area contributed by atoms with E-state index >= 15 is 0 Å². The van der Waals surface area contributed by atoms with Crippen LogP contribution in [0.1, 0.15) is 18.4 Å². The van der Waals surface area contributed by atoms with Crippen molar-refractivity contribution in [3.63, 3.8) is 0 Å². The number of benzene rings is 2. The highest BCUT2D eigenvalue weighted by Crippen LogP contribution is 2.47. The number of anilines is 1. The fraction of sp³-hybridized carbons (Fsp3) is 0.318. The number of esters is 1. The van der Waals surface area contributed by atoms with Crippen LogP contribution < -0.4 is 15.0 Å². The molecule has 150 valence electrons. The maximum absolute atomic E-state index is 12.2. The minimum Gasteiger partial charge on any atom is -0.482 e. The van der Waals surface area contributed by atoms with E-state index in [1.165, 1.54) is 10.5 Å². The number of rotatable bonds is 7. The first-order valence-electron chi connectivity index (χ1n) is 9.57. The summed E-state index contributed by atoms with van der Waals surface area (Å²) < 4.78 is 10.4. The van der Waals surface area contributed by atoms with Gasteiger partial charge >= 0.3 is 5.97 Å². The number of hydrogen-bond acceptors (Lipinski definition) is 5. The fourth-order valence-electron chi connectivity index (χ4n) is 3.48. The summed E-state index contributed by atoms with van der Waals surface area (Å²) in [6.07, 6.45) is 2.05. The summed E-state index contributed by atoms with van der Waals surface area (Å²) in [6, 6.07) is 17.1. The molecule has 2 aliphatic rings. The Morgan fingerprint density at radius 1 is 1.07 bits per heavy atom. The lowest BCUT2D eigenvalue weighted by molar-refractivity contribution is -0.147. The molecule has 0 spiro atoms. The number of fused-ring (bicyclic) bond motifs is 1. The molecule has 1 heterocycles. The topological polar surface area (TPSA) is 84.9 Å². The molecular weight excluding hydrogens is 372 g/mol. The maximum Gasteiger partial charge on any atom is 0.326 e. The Kier molecular flexibility index (Phi) is 5.20. The first-order chi connectivity index (χ1) is 14.1. The normalized spacial score (nSPS) is 16.4. The van der Waals surface area contributed by atoms with Crippen LogP contribution in [0.4, 0.5) is 5.69 Å². The first-order valence-corrected chi connectivity index (χ1v) is 9.57. The molecule has 1 fully saturated rings. The lowest BCUT2D eigenvalue weighted by Crippen LogP contribution is -2.43. The summed E-state index contributed by atoms with van der Waals surface area (Å²) >= 11 is 0. The molecule has 0 radical (unpaired) electrons. The number of ether oxygens (including phenoxy) is 2. The van der Waals surface area contributed by atoms with Gasteiger partial charge in [-0.3, -0.25) is 19.3 Å². The monoisotopic (exact) mass is 394 g/mol. The molecule has 0 saturated heterocycles. The molecule has 0 unspecified atom stereocenters. The molecule has 1 aliphatic carbocycles. The Bertz CT molecular complexity index is 924. The highest BCUT2D eigenvalue weighted by Gasteiger charge is 2.44. The second-order valence-corrected chi connectivity index (χ2v) is 7.32. The molecule has 7 nitrogen and oxygen atoms in total. The summed E-state index contributed by atoms with van der Waals surface area (Å²) in [5.74, 6) is -0.791. The van der Waals surface area contributed by atoms with Gasteiger partial charge in [0.2, 0.25) is 0 Å². The Morgan fingerprint density at radius 3 is 2.55 bits per heavy atom. The van der Waals surface area contributed by atoms with Gasteiger partial charge in [0.1, 0.15) is 12.3 Å². The Hall–Kier alpha value is -3.35. The number of carbonyl (C=O) groups excluding carboxylic acids is 3. The van der Waals surface area contributed by atoms with E-state index in [1.54, 1.807) is 24.3 Å². The zero-order chi connectivity index (χ0) is 20.3. The van der Waals surface area contributed by atoms with Crippen LogP contribution in [0.15, 0.2) is 54.6 Å². The number of hydrogen-bond donors (Lipinski definition) is 1. The van der Waals surface area contributed by atoms with Crippen LogP contribution >= 0.6 is 0 Å². The Morgan fingerprint density at radius 2 is 1.79 bits per heavy atom. The van der Waals surface area contributed by atoms with Gasteiger partial charge in [-0.05, 0) is 30.5 Å². The van der Waals surface area contributed by atoms with Gasteiger partial charge in [-0.2, -0.15) is 0 Å². The van der Waals surface area contributed by atoms with Gasteiger partial charge in [-0.25, -0.2) is 0 Å². The zero-order valence-corrected chi connectivity index (χ0v) is 15.9. The summed E-state index contributed by atoms with van der Waals surface area (Å²) in [4.78, 5) is 37.7. The molecule has 0 aromatic heterocycles. The molecule has 0 bridgehead atoms. The van der Waals surface area contributed by atoms with Crippen molar-refractivity contribution in [3.8, 4) is 5.75 Å². The van der Waals surface area contributed by atoms with E-state index in [-0.39, 0.29) is 37.0 Å². The van der Waals surface area contributed by atoms with Crippen molar-refractivity contribution in [2.75, 3.05) is 31.2 Å². The van der Waals surface area contributed by atoms with E-state index in [9.17, 15) is 14.4 Å². The van der Waals surface area contributed by atoms with Gasteiger partial charge < -0.3 is 14.8 Å². The minimum atomic E-state index is -0.644. The Balaban J connectivity index is 1.26. The Labute approximate surface area is 168 Å². The number of amides is 2. The summed E-state index contributed by atoms with van der Waals surface area (Å²) in [5.41, 5.74) is 1.72. The quantitative estimate of drug-likeness (QED) is 0.724. The average Bonchev–Trinajstić information content (AvgIpc) is 3.55. The van der Waals surface area contributed by atoms with Crippen LogP contribution in [0.2, 0.25) is 0 Å². The van der Waals surface area contributed by atoms with E-state index in [4.69, 9.17) is 9.47 Å². The van der Waals surface area contributed by atoms with Crippen molar-refractivity contribution in [1.82, 2.24) is 5.32 Å². The number of carbonyl (C=O) groups is 3. The number of para-hydroxylation sites is 2. The van der Waals surface area contributed by atoms with Crippen molar-refractivity contribution in [2.45, 2.75) is 18.3 Å². The van der Waals surface area contributed by atoms with Crippen LogP contribution in [0.5, 0.6) is 5.75 Å². The third-order valence-corrected chi connectivity index (χ3v) is 5.32. The first kappa shape index (κ1) is 19.0. The number of nitrogens with one attached hydrogen (secondary N) is 1. The molecule has 1 aliphatic heterocycles. The molecule has 1 saturated carbocycles. The summed E-state index contributed by atoms with van der Waals surface area (Å²) in [6.45, 7) is -0.251. The average molecular weight is 394 g/mol. The van der Waals surface area contributed by atoms with Gasteiger partial charge in [0.15, 0.2) is 13.2 Å². The molecule has 1 N–H and O–H groups in total. The van der Waals surface area contributed by atoms with Gasteiger partial charge in [0, 0.05) is 12.0 Å². The third-order valence-electron chi connectivity index (χ3n) is 5.32. The minimum absolute atomic E-state index is 0.00907. The van der Waals surface area contributed by atoms with Crippen molar-refractivity contribution in [1.29, 1.82) is 0 Å². The summed E-state index contributed by atoms with van der Waals surface area (Å²) in [7, 11) is 0. The molecule has 2 amide bonds. The van der Waals surface area contributed by atoms with Gasteiger partial charge in [0.25, 0.3) is 11.8 Å².